The molecule has 2 aliphatic rings. The SMILES string of the molecule is c1ccc2c(c1)Sc1cccc3c1B2Sc1ccccc1-3. The molecule has 0 unspecified atom stereocenters. The van der Waals surface area contributed by atoms with Crippen LogP contribution in [0.3, 0.4) is 0 Å². The Kier molecular flexibility index (Phi) is 2.55. The summed E-state index contributed by atoms with van der Waals surface area (Å²) in [5.74, 6) is 0.434. The molecule has 0 saturated carbocycles. The summed E-state index contributed by atoms with van der Waals surface area (Å²) in [6, 6.07) is 24.4. The summed E-state index contributed by atoms with van der Waals surface area (Å²) >= 11 is 3.91. The third-order valence-electron chi connectivity index (χ3n) is 4.17. The van der Waals surface area contributed by atoms with E-state index in [2.05, 4.69) is 66.7 Å². The van der Waals surface area contributed by atoms with E-state index < -0.39 is 0 Å². The van der Waals surface area contributed by atoms with Crippen molar-refractivity contribution < 1.29 is 0 Å². The van der Waals surface area contributed by atoms with Crippen molar-refractivity contribution in [2.45, 2.75) is 14.7 Å². The monoisotopic (exact) mass is 302 g/mol. The fourth-order valence-corrected chi connectivity index (χ4v) is 5.98. The summed E-state index contributed by atoms with van der Waals surface area (Å²) in [6.45, 7) is 0. The van der Waals surface area contributed by atoms with Crippen molar-refractivity contribution in [3.8, 4) is 11.1 Å². The van der Waals surface area contributed by atoms with Gasteiger partial charge in [0.1, 0.15) is 0 Å². The second-order valence-corrected chi connectivity index (χ2v) is 7.58. The van der Waals surface area contributed by atoms with Crippen molar-refractivity contribution in [3.63, 3.8) is 0 Å². The van der Waals surface area contributed by atoms with Gasteiger partial charge in [0.05, 0.1) is 0 Å². The van der Waals surface area contributed by atoms with Crippen molar-refractivity contribution in [3.05, 3.63) is 66.7 Å². The van der Waals surface area contributed by atoms with Gasteiger partial charge in [-0.2, -0.15) is 11.6 Å². The number of rotatable bonds is 0. The van der Waals surface area contributed by atoms with E-state index in [0.717, 1.165) is 0 Å². The third-order valence-corrected chi connectivity index (χ3v) is 6.67. The Labute approximate surface area is 133 Å². The first-order valence-corrected chi connectivity index (χ1v) is 8.77. The Balaban J connectivity index is 1.85. The first-order valence-electron chi connectivity index (χ1n) is 7.07. The van der Waals surface area contributed by atoms with Crippen molar-refractivity contribution in [2.24, 2.45) is 0 Å². The molecule has 0 aliphatic carbocycles. The molecule has 0 bridgehead atoms. The first kappa shape index (κ1) is 12.0. The Bertz CT molecular complexity index is 873. The van der Waals surface area contributed by atoms with E-state index in [0.29, 0.717) is 5.99 Å². The zero-order valence-corrected chi connectivity index (χ0v) is 12.9. The minimum atomic E-state index is 0.434. The second kappa shape index (κ2) is 4.46. The molecule has 21 heavy (non-hydrogen) atoms. The average molecular weight is 302 g/mol. The zero-order valence-electron chi connectivity index (χ0n) is 11.2. The van der Waals surface area contributed by atoms with Crippen LogP contribution in [0.5, 0.6) is 0 Å². The minimum Gasteiger partial charge on any atom is -0.162 e. The summed E-state index contributed by atoms with van der Waals surface area (Å²) in [7, 11) is 0. The van der Waals surface area contributed by atoms with Crippen molar-refractivity contribution in [2.75, 3.05) is 0 Å². The van der Waals surface area contributed by atoms with Gasteiger partial charge in [-0.25, -0.2) is 0 Å². The minimum absolute atomic E-state index is 0.434. The fourth-order valence-electron chi connectivity index (χ4n) is 3.24. The highest BCUT2D eigenvalue weighted by Crippen LogP contribution is 2.43. The Morgan fingerprint density at radius 2 is 1.33 bits per heavy atom. The lowest BCUT2D eigenvalue weighted by Gasteiger charge is -2.32. The van der Waals surface area contributed by atoms with Gasteiger partial charge in [0.25, 0.3) is 5.99 Å². The van der Waals surface area contributed by atoms with Crippen LogP contribution in [0.1, 0.15) is 0 Å². The van der Waals surface area contributed by atoms with Gasteiger partial charge >= 0.3 is 0 Å². The van der Waals surface area contributed by atoms with E-state index in [1.165, 1.54) is 36.7 Å². The zero-order chi connectivity index (χ0) is 13.8. The molecule has 0 fully saturated rings. The van der Waals surface area contributed by atoms with E-state index in [1.807, 2.05) is 23.4 Å². The lowest BCUT2D eigenvalue weighted by atomic mass is 9.59. The highest BCUT2D eigenvalue weighted by molar-refractivity contribution is 8.28. The van der Waals surface area contributed by atoms with Crippen LogP contribution in [0.4, 0.5) is 0 Å². The molecule has 0 atom stereocenters. The molecule has 2 heterocycles. The number of fused-ring (bicyclic) bond motifs is 4. The predicted molar refractivity (Wildman–Crippen MR) is 93.3 cm³/mol. The van der Waals surface area contributed by atoms with Crippen molar-refractivity contribution >= 4 is 40.3 Å². The lowest BCUT2D eigenvalue weighted by molar-refractivity contribution is 1.40. The predicted octanol–water partition coefficient (Wildman–Crippen LogP) is 4.03. The number of hydrogen-bond donors (Lipinski definition) is 0. The van der Waals surface area contributed by atoms with Gasteiger partial charge in [-0.1, -0.05) is 60.3 Å². The molecule has 2 aliphatic heterocycles. The molecule has 0 saturated heterocycles. The highest BCUT2D eigenvalue weighted by atomic mass is 32.2. The molecule has 0 spiro atoms. The lowest BCUT2D eigenvalue weighted by Crippen LogP contribution is -2.46. The molecular formula is C18H11BS2. The van der Waals surface area contributed by atoms with Crippen LogP contribution < -0.4 is 10.9 Å². The molecule has 3 aromatic carbocycles. The van der Waals surface area contributed by atoms with E-state index >= 15 is 0 Å². The maximum absolute atomic E-state index is 2.29. The van der Waals surface area contributed by atoms with Crippen LogP contribution in [0, 0.1) is 0 Å². The van der Waals surface area contributed by atoms with E-state index in [1.54, 1.807) is 0 Å². The molecule has 0 nitrogen and oxygen atoms in total. The summed E-state index contributed by atoms with van der Waals surface area (Å²) in [6.07, 6.45) is 0. The van der Waals surface area contributed by atoms with Gasteiger partial charge in [0.15, 0.2) is 0 Å². The number of hydrogen-bond acceptors (Lipinski definition) is 2. The van der Waals surface area contributed by atoms with Crippen LogP contribution in [0.15, 0.2) is 81.4 Å². The largest absolute Gasteiger partial charge is 0.283 e. The molecule has 3 heteroatoms. The normalized spacial score (nSPS) is 14.2. The standard InChI is InChI=1S/C18H11BS2/c1-3-9-15-12(6-1)13-7-5-11-17-18(13)19(21-15)14-8-2-4-10-16(14)20-17/h1-11H. The Hall–Kier alpha value is -1.58. The van der Waals surface area contributed by atoms with Gasteiger partial charge in [0, 0.05) is 14.7 Å². The molecule has 3 aromatic rings. The molecule has 0 radical (unpaired) electrons. The fraction of sp³-hybridized carbons (Fsp3) is 0. The summed E-state index contributed by atoms with van der Waals surface area (Å²) in [4.78, 5) is 4.21. The van der Waals surface area contributed by atoms with E-state index in [-0.39, 0.29) is 0 Å². The first-order chi connectivity index (χ1) is 10.4. The van der Waals surface area contributed by atoms with Crippen LogP contribution >= 0.6 is 23.4 Å². The van der Waals surface area contributed by atoms with Crippen LogP contribution in [-0.2, 0) is 0 Å². The van der Waals surface area contributed by atoms with Gasteiger partial charge in [-0.15, -0.1) is 0 Å². The van der Waals surface area contributed by atoms with E-state index in [9.17, 15) is 0 Å². The summed E-state index contributed by atoms with van der Waals surface area (Å²) in [5, 5.41) is 0. The average Bonchev–Trinajstić information content (AvgIpc) is 2.55. The topological polar surface area (TPSA) is 0 Å². The third kappa shape index (κ3) is 1.68. The van der Waals surface area contributed by atoms with Gasteiger partial charge in [0.2, 0.25) is 0 Å². The quantitative estimate of drug-likeness (QED) is 0.575. The molecule has 98 valence electrons. The second-order valence-electron chi connectivity index (χ2n) is 5.35. The molecule has 5 rings (SSSR count). The maximum Gasteiger partial charge on any atom is 0.283 e. The van der Waals surface area contributed by atoms with Gasteiger partial charge in [-0.3, -0.25) is 0 Å². The number of benzene rings is 3. The Morgan fingerprint density at radius 1 is 0.619 bits per heavy atom. The van der Waals surface area contributed by atoms with E-state index in [4.69, 9.17) is 0 Å². The molecular weight excluding hydrogens is 291 g/mol. The molecule has 0 amide bonds. The summed E-state index contributed by atoms with van der Waals surface area (Å²) in [5.41, 5.74) is 5.76. The highest BCUT2D eigenvalue weighted by Gasteiger charge is 2.36. The van der Waals surface area contributed by atoms with Crippen LogP contribution in [0.25, 0.3) is 11.1 Å². The van der Waals surface area contributed by atoms with Gasteiger partial charge < -0.3 is 0 Å². The van der Waals surface area contributed by atoms with Gasteiger partial charge in [-0.05, 0) is 40.3 Å². The Morgan fingerprint density at radius 3 is 2.29 bits per heavy atom. The van der Waals surface area contributed by atoms with Crippen molar-refractivity contribution in [1.82, 2.24) is 0 Å². The van der Waals surface area contributed by atoms with Crippen molar-refractivity contribution in [1.29, 1.82) is 0 Å². The van der Waals surface area contributed by atoms with Crippen LogP contribution in [-0.4, -0.2) is 5.99 Å². The van der Waals surface area contributed by atoms with Crippen LogP contribution in [0.2, 0.25) is 0 Å². The molecule has 0 aromatic heterocycles. The summed E-state index contributed by atoms with van der Waals surface area (Å²) < 4.78 is 0. The molecule has 0 N–H and O–H groups in total. The maximum atomic E-state index is 2.29. The smallest absolute Gasteiger partial charge is 0.162 e.